The van der Waals surface area contributed by atoms with Crippen molar-refractivity contribution in [1.29, 1.82) is 0 Å². The molecular weight excluding hydrogens is 280 g/mol. The van der Waals surface area contributed by atoms with Crippen molar-refractivity contribution in [1.82, 2.24) is 0 Å². The van der Waals surface area contributed by atoms with Gasteiger partial charge in [0.1, 0.15) is 5.75 Å². The molecule has 1 aliphatic rings. The summed E-state index contributed by atoms with van der Waals surface area (Å²) in [6.07, 6.45) is 2.42. The average Bonchev–Trinajstić information content (AvgIpc) is 2.42. The first kappa shape index (κ1) is 14.6. The Morgan fingerprint density at radius 3 is 2.80 bits per heavy atom. The zero-order valence-electron chi connectivity index (χ0n) is 10.9. The fourth-order valence-electron chi connectivity index (χ4n) is 2.15. The number of carbonyl (C=O) groups excluding carboxylic acids is 1. The number of hydrogen-bond donors (Lipinski definition) is 2. The highest BCUT2D eigenvalue weighted by Crippen LogP contribution is 2.29. The molecule has 108 valence electrons. The molecule has 0 saturated carbocycles. The quantitative estimate of drug-likeness (QED) is 0.506. The van der Waals surface area contributed by atoms with Gasteiger partial charge >= 0.3 is 0 Å². The molecule has 0 aliphatic carbocycles. The number of thioether (sulfide) groups is 1. The van der Waals surface area contributed by atoms with E-state index in [1.807, 2.05) is 11.8 Å². The first-order valence-electron chi connectivity index (χ1n) is 6.41. The van der Waals surface area contributed by atoms with Gasteiger partial charge in [0.25, 0.3) is 5.69 Å². The molecule has 2 rings (SSSR count). The largest absolute Gasteiger partial charge is 0.506 e. The van der Waals surface area contributed by atoms with Gasteiger partial charge in [-0.05, 0) is 36.3 Å². The Labute approximate surface area is 120 Å². The highest BCUT2D eigenvalue weighted by atomic mass is 32.2. The van der Waals surface area contributed by atoms with Crippen LogP contribution in [0.15, 0.2) is 18.2 Å². The van der Waals surface area contributed by atoms with E-state index in [1.165, 1.54) is 18.2 Å². The average molecular weight is 296 g/mol. The number of nitrogens with zero attached hydrogens (tertiary/aromatic N) is 1. The van der Waals surface area contributed by atoms with Crippen molar-refractivity contribution in [3.8, 4) is 5.75 Å². The second kappa shape index (κ2) is 6.60. The van der Waals surface area contributed by atoms with E-state index in [2.05, 4.69) is 5.32 Å². The Bertz CT molecular complexity index is 515. The number of benzene rings is 1. The minimum atomic E-state index is -0.562. The van der Waals surface area contributed by atoms with Crippen LogP contribution in [0, 0.1) is 16.0 Å². The van der Waals surface area contributed by atoms with Crippen LogP contribution in [0.25, 0.3) is 0 Å². The lowest BCUT2D eigenvalue weighted by Gasteiger charge is -2.20. The molecule has 1 aromatic rings. The van der Waals surface area contributed by atoms with Crippen LogP contribution in [0.1, 0.15) is 19.3 Å². The van der Waals surface area contributed by atoms with Crippen LogP contribution in [0.2, 0.25) is 0 Å². The number of carbonyl (C=O) groups is 1. The van der Waals surface area contributed by atoms with Gasteiger partial charge in [-0.1, -0.05) is 0 Å². The van der Waals surface area contributed by atoms with E-state index >= 15 is 0 Å². The molecule has 1 amide bonds. The van der Waals surface area contributed by atoms with Gasteiger partial charge in [0.2, 0.25) is 5.91 Å². The number of amides is 1. The summed E-state index contributed by atoms with van der Waals surface area (Å²) >= 11 is 1.89. The van der Waals surface area contributed by atoms with E-state index in [-0.39, 0.29) is 23.0 Å². The lowest BCUT2D eigenvalue weighted by Crippen LogP contribution is -2.19. The Morgan fingerprint density at radius 1 is 1.45 bits per heavy atom. The summed E-state index contributed by atoms with van der Waals surface area (Å²) in [5, 5.41) is 22.9. The predicted octanol–water partition coefficient (Wildman–Crippen LogP) is 2.77. The number of nitro benzene ring substituents is 1. The van der Waals surface area contributed by atoms with Crippen molar-refractivity contribution in [2.24, 2.45) is 5.92 Å². The predicted molar refractivity (Wildman–Crippen MR) is 78.1 cm³/mol. The molecule has 20 heavy (non-hydrogen) atoms. The fourth-order valence-corrected chi connectivity index (χ4v) is 3.36. The van der Waals surface area contributed by atoms with Crippen LogP contribution >= 0.6 is 11.8 Å². The highest BCUT2D eigenvalue weighted by molar-refractivity contribution is 7.99. The van der Waals surface area contributed by atoms with Crippen molar-refractivity contribution in [2.45, 2.75) is 19.3 Å². The number of rotatable bonds is 4. The molecule has 2 N–H and O–H groups in total. The summed E-state index contributed by atoms with van der Waals surface area (Å²) in [6, 6.07) is 3.58. The van der Waals surface area contributed by atoms with E-state index < -0.39 is 4.92 Å². The number of phenolic OH excluding ortho intramolecular Hbond substituents is 1. The van der Waals surface area contributed by atoms with Crippen LogP contribution in [0.4, 0.5) is 11.4 Å². The topological polar surface area (TPSA) is 92.5 Å². The third kappa shape index (κ3) is 3.86. The number of non-ortho nitro benzene ring substituents is 1. The van der Waals surface area contributed by atoms with Crippen molar-refractivity contribution < 1.29 is 14.8 Å². The molecule has 0 atom stereocenters. The summed E-state index contributed by atoms with van der Waals surface area (Å²) < 4.78 is 0. The second-order valence-electron chi connectivity index (χ2n) is 4.77. The molecule has 7 heteroatoms. The number of aromatic hydroxyl groups is 1. The first-order chi connectivity index (χ1) is 9.56. The van der Waals surface area contributed by atoms with E-state index in [0.29, 0.717) is 12.3 Å². The molecule has 1 fully saturated rings. The molecule has 0 radical (unpaired) electrons. The summed E-state index contributed by atoms with van der Waals surface area (Å²) in [4.78, 5) is 22.0. The lowest BCUT2D eigenvalue weighted by molar-refractivity contribution is -0.384. The number of nitrogens with one attached hydrogen (secondary N) is 1. The van der Waals surface area contributed by atoms with Gasteiger partial charge in [-0.2, -0.15) is 11.8 Å². The summed E-state index contributed by atoms with van der Waals surface area (Å²) in [7, 11) is 0. The summed E-state index contributed by atoms with van der Waals surface area (Å²) in [5.41, 5.74) is -0.0680. The number of anilines is 1. The van der Waals surface area contributed by atoms with E-state index in [9.17, 15) is 20.0 Å². The molecule has 6 nitrogen and oxygen atoms in total. The Hall–Kier alpha value is -1.76. The van der Waals surface area contributed by atoms with Gasteiger partial charge in [-0.3, -0.25) is 14.9 Å². The highest BCUT2D eigenvalue weighted by Gasteiger charge is 2.19. The maximum absolute atomic E-state index is 11.9. The SMILES string of the molecule is O=C(CC1CCSCC1)Nc1cc([N+](=O)[O-])ccc1O. The maximum atomic E-state index is 11.9. The van der Waals surface area contributed by atoms with Gasteiger partial charge in [0.05, 0.1) is 10.6 Å². The zero-order valence-corrected chi connectivity index (χ0v) is 11.7. The van der Waals surface area contributed by atoms with E-state index in [4.69, 9.17) is 0 Å². The Kier molecular flexibility index (Phi) is 4.84. The summed E-state index contributed by atoms with van der Waals surface area (Å²) in [5.74, 6) is 2.12. The number of phenols is 1. The zero-order chi connectivity index (χ0) is 14.5. The molecule has 1 aromatic carbocycles. The number of hydrogen-bond acceptors (Lipinski definition) is 5. The van der Waals surface area contributed by atoms with Crippen molar-refractivity contribution in [3.05, 3.63) is 28.3 Å². The normalized spacial score (nSPS) is 15.8. The second-order valence-corrected chi connectivity index (χ2v) is 5.99. The minimum absolute atomic E-state index is 0.0920. The molecule has 1 saturated heterocycles. The molecule has 0 unspecified atom stereocenters. The van der Waals surface area contributed by atoms with Gasteiger partial charge in [-0.25, -0.2) is 0 Å². The van der Waals surface area contributed by atoms with E-state index in [0.717, 1.165) is 24.3 Å². The first-order valence-corrected chi connectivity index (χ1v) is 7.56. The van der Waals surface area contributed by atoms with Crippen LogP contribution in [-0.2, 0) is 4.79 Å². The standard InChI is InChI=1S/C13H16N2O4S/c16-12-2-1-10(15(18)19)8-11(12)14-13(17)7-9-3-5-20-6-4-9/h1-2,8-9,16H,3-7H2,(H,14,17). The fraction of sp³-hybridized carbons (Fsp3) is 0.462. The van der Waals surface area contributed by atoms with Crippen molar-refractivity contribution in [2.75, 3.05) is 16.8 Å². The Balaban J connectivity index is 1.99. The van der Waals surface area contributed by atoms with Gasteiger partial charge in [0.15, 0.2) is 0 Å². The lowest BCUT2D eigenvalue weighted by atomic mass is 9.98. The van der Waals surface area contributed by atoms with Crippen molar-refractivity contribution >= 4 is 29.0 Å². The molecule has 0 spiro atoms. The maximum Gasteiger partial charge on any atom is 0.271 e. The molecule has 0 bridgehead atoms. The molecule has 1 heterocycles. The molecule has 1 aliphatic heterocycles. The third-order valence-corrected chi connectivity index (χ3v) is 4.33. The monoisotopic (exact) mass is 296 g/mol. The van der Waals surface area contributed by atoms with Crippen LogP contribution in [0.3, 0.4) is 0 Å². The third-order valence-electron chi connectivity index (χ3n) is 3.28. The molecular formula is C13H16N2O4S. The minimum Gasteiger partial charge on any atom is -0.506 e. The van der Waals surface area contributed by atoms with Gasteiger partial charge in [-0.15, -0.1) is 0 Å². The Morgan fingerprint density at radius 2 is 2.15 bits per heavy atom. The van der Waals surface area contributed by atoms with Crippen molar-refractivity contribution in [3.63, 3.8) is 0 Å². The van der Waals surface area contributed by atoms with Crippen LogP contribution < -0.4 is 5.32 Å². The summed E-state index contributed by atoms with van der Waals surface area (Å²) in [6.45, 7) is 0. The number of nitro groups is 1. The van der Waals surface area contributed by atoms with E-state index in [1.54, 1.807) is 0 Å². The van der Waals surface area contributed by atoms with Gasteiger partial charge < -0.3 is 10.4 Å². The van der Waals surface area contributed by atoms with Gasteiger partial charge in [0, 0.05) is 18.6 Å². The molecule has 0 aromatic heterocycles. The van der Waals surface area contributed by atoms with Crippen LogP contribution in [0.5, 0.6) is 5.75 Å². The smallest absolute Gasteiger partial charge is 0.271 e. The van der Waals surface area contributed by atoms with Crippen LogP contribution in [-0.4, -0.2) is 27.4 Å².